The summed E-state index contributed by atoms with van der Waals surface area (Å²) in [6.45, 7) is 7.21. The molecule has 0 radical (unpaired) electrons. The quantitative estimate of drug-likeness (QED) is 0.702. The smallest absolute Gasteiger partial charge is 0.141 e. The molecular formula is C18H20N4S. The molecule has 0 spiro atoms. The van der Waals surface area contributed by atoms with E-state index in [1.54, 1.807) is 11.3 Å². The molecule has 4 nitrogen and oxygen atoms in total. The van der Waals surface area contributed by atoms with Gasteiger partial charge in [-0.25, -0.2) is 9.97 Å². The third-order valence-corrected chi connectivity index (χ3v) is 5.48. The topological polar surface area (TPSA) is 41.9 Å². The molecule has 0 aliphatic carbocycles. The van der Waals surface area contributed by atoms with Crippen LogP contribution in [0, 0.1) is 20.8 Å². The van der Waals surface area contributed by atoms with Gasteiger partial charge in [0, 0.05) is 12.2 Å². The Balaban J connectivity index is 1.85. The van der Waals surface area contributed by atoms with Crippen LogP contribution < -0.4 is 4.90 Å². The molecule has 0 aromatic carbocycles. The van der Waals surface area contributed by atoms with Gasteiger partial charge in [-0.2, -0.15) is 0 Å². The Bertz CT molecular complexity index is 871. The number of hydrogen-bond donors (Lipinski definition) is 0. The number of rotatable bonds is 2. The summed E-state index contributed by atoms with van der Waals surface area (Å²) in [5.41, 5.74) is 3.49. The second-order valence-electron chi connectivity index (χ2n) is 6.25. The molecule has 0 bridgehead atoms. The predicted molar refractivity (Wildman–Crippen MR) is 95.2 cm³/mol. The fourth-order valence-electron chi connectivity index (χ4n) is 3.45. The minimum atomic E-state index is 0.312. The van der Waals surface area contributed by atoms with Gasteiger partial charge in [-0.3, -0.25) is 4.98 Å². The lowest BCUT2D eigenvalue weighted by Gasteiger charge is -2.26. The van der Waals surface area contributed by atoms with E-state index in [9.17, 15) is 0 Å². The number of aromatic nitrogens is 3. The molecule has 1 atom stereocenters. The van der Waals surface area contributed by atoms with Crippen LogP contribution in [-0.4, -0.2) is 21.5 Å². The Morgan fingerprint density at radius 3 is 2.83 bits per heavy atom. The van der Waals surface area contributed by atoms with Gasteiger partial charge in [0.2, 0.25) is 0 Å². The highest BCUT2D eigenvalue weighted by Crippen LogP contribution is 2.39. The molecule has 0 amide bonds. The van der Waals surface area contributed by atoms with Gasteiger partial charge in [-0.15, -0.1) is 11.3 Å². The van der Waals surface area contributed by atoms with Gasteiger partial charge in [0.15, 0.2) is 0 Å². The van der Waals surface area contributed by atoms with E-state index in [1.165, 1.54) is 17.4 Å². The van der Waals surface area contributed by atoms with E-state index in [0.717, 1.165) is 40.8 Å². The highest BCUT2D eigenvalue weighted by atomic mass is 32.1. The van der Waals surface area contributed by atoms with Crippen LogP contribution >= 0.6 is 11.3 Å². The highest BCUT2D eigenvalue weighted by Gasteiger charge is 2.30. The lowest BCUT2D eigenvalue weighted by atomic mass is 10.1. The van der Waals surface area contributed by atoms with Crippen LogP contribution in [0.3, 0.4) is 0 Å². The molecular weight excluding hydrogens is 304 g/mol. The standard InChI is InChI=1S/C18H20N4S/c1-11-10-23-18-16(11)17(20-13(3)21-18)22-9-5-8-15(22)14-7-4-6-12(2)19-14/h4,6-7,10,15H,5,8-9H2,1-3H3. The number of hydrogen-bond acceptors (Lipinski definition) is 5. The monoisotopic (exact) mass is 324 g/mol. The van der Waals surface area contributed by atoms with Crippen molar-refractivity contribution < 1.29 is 0 Å². The number of fused-ring (bicyclic) bond motifs is 1. The van der Waals surface area contributed by atoms with Crippen molar-refractivity contribution in [2.45, 2.75) is 39.7 Å². The van der Waals surface area contributed by atoms with E-state index in [-0.39, 0.29) is 0 Å². The molecule has 3 aromatic rings. The Morgan fingerprint density at radius 2 is 2.00 bits per heavy atom. The van der Waals surface area contributed by atoms with Crippen LogP contribution in [0.1, 0.15) is 41.7 Å². The summed E-state index contributed by atoms with van der Waals surface area (Å²) in [6.07, 6.45) is 2.30. The molecule has 0 N–H and O–H groups in total. The largest absolute Gasteiger partial charge is 0.347 e. The van der Waals surface area contributed by atoms with Gasteiger partial charge in [-0.1, -0.05) is 6.07 Å². The van der Waals surface area contributed by atoms with Crippen molar-refractivity contribution in [3.05, 3.63) is 46.4 Å². The molecule has 23 heavy (non-hydrogen) atoms. The second kappa shape index (κ2) is 5.57. The van der Waals surface area contributed by atoms with Crippen LogP contribution in [0.4, 0.5) is 5.82 Å². The Labute approximate surface area is 140 Å². The summed E-state index contributed by atoms with van der Waals surface area (Å²) in [5.74, 6) is 1.93. The van der Waals surface area contributed by atoms with E-state index in [0.29, 0.717) is 6.04 Å². The van der Waals surface area contributed by atoms with Crippen molar-refractivity contribution >= 4 is 27.4 Å². The van der Waals surface area contributed by atoms with Crippen molar-refractivity contribution in [1.82, 2.24) is 15.0 Å². The molecule has 118 valence electrons. The number of nitrogens with zero attached hydrogens (tertiary/aromatic N) is 4. The molecule has 4 rings (SSSR count). The summed E-state index contributed by atoms with van der Waals surface area (Å²) in [6, 6.07) is 6.61. The molecule has 1 aliphatic heterocycles. The first-order valence-corrected chi connectivity index (χ1v) is 8.94. The van der Waals surface area contributed by atoms with Crippen molar-refractivity contribution in [2.75, 3.05) is 11.4 Å². The van der Waals surface area contributed by atoms with E-state index in [1.807, 2.05) is 6.92 Å². The van der Waals surface area contributed by atoms with Crippen LogP contribution in [0.15, 0.2) is 23.6 Å². The summed E-state index contributed by atoms with van der Waals surface area (Å²) in [7, 11) is 0. The maximum absolute atomic E-state index is 4.81. The average molecular weight is 324 g/mol. The zero-order chi connectivity index (χ0) is 16.0. The predicted octanol–water partition coefficient (Wildman–Crippen LogP) is 4.35. The molecule has 5 heteroatoms. The Kier molecular flexibility index (Phi) is 3.53. The van der Waals surface area contributed by atoms with Crippen LogP contribution in [-0.2, 0) is 0 Å². The van der Waals surface area contributed by atoms with Gasteiger partial charge in [-0.05, 0) is 56.7 Å². The Hall–Kier alpha value is -2.01. The second-order valence-corrected chi connectivity index (χ2v) is 7.11. The number of pyridine rings is 1. The molecule has 0 saturated carbocycles. The van der Waals surface area contributed by atoms with E-state index in [4.69, 9.17) is 9.97 Å². The van der Waals surface area contributed by atoms with Crippen molar-refractivity contribution in [2.24, 2.45) is 0 Å². The molecule has 1 aliphatic rings. The zero-order valence-corrected chi connectivity index (χ0v) is 14.5. The van der Waals surface area contributed by atoms with Gasteiger partial charge in [0.05, 0.1) is 17.1 Å². The first-order valence-electron chi connectivity index (χ1n) is 8.06. The van der Waals surface area contributed by atoms with E-state index in [2.05, 4.69) is 47.3 Å². The van der Waals surface area contributed by atoms with Crippen LogP contribution in [0.5, 0.6) is 0 Å². The maximum Gasteiger partial charge on any atom is 0.141 e. The number of thiophene rings is 1. The lowest BCUT2D eigenvalue weighted by molar-refractivity contribution is 0.685. The molecule has 1 unspecified atom stereocenters. The SMILES string of the molecule is Cc1cccc(C2CCCN2c2nc(C)nc3scc(C)c23)n1. The molecule has 1 fully saturated rings. The van der Waals surface area contributed by atoms with E-state index < -0.39 is 0 Å². The maximum atomic E-state index is 4.81. The van der Waals surface area contributed by atoms with Gasteiger partial charge < -0.3 is 4.90 Å². The minimum absolute atomic E-state index is 0.312. The summed E-state index contributed by atoms with van der Waals surface area (Å²) >= 11 is 1.71. The van der Waals surface area contributed by atoms with E-state index >= 15 is 0 Å². The summed E-state index contributed by atoms with van der Waals surface area (Å²) in [5, 5.41) is 3.39. The first kappa shape index (κ1) is 14.6. The van der Waals surface area contributed by atoms with Crippen LogP contribution in [0.25, 0.3) is 10.2 Å². The van der Waals surface area contributed by atoms with Crippen LogP contribution in [0.2, 0.25) is 0 Å². The van der Waals surface area contributed by atoms with Gasteiger partial charge in [0.25, 0.3) is 0 Å². The summed E-state index contributed by atoms with van der Waals surface area (Å²) < 4.78 is 0. The lowest BCUT2D eigenvalue weighted by Crippen LogP contribution is -2.25. The first-order chi connectivity index (χ1) is 11.1. The minimum Gasteiger partial charge on any atom is -0.347 e. The van der Waals surface area contributed by atoms with Crippen molar-refractivity contribution in [3.63, 3.8) is 0 Å². The summed E-state index contributed by atoms with van der Waals surface area (Å²) in [4.78, 5) is 17.7. The number of anilines is 1. The fourth-order valence-corrected chi connectivity index (χ4v) is 4.41. The fraction of sp³-hybridized carbons (Fsp3) is 0.389. The molecule has 3 aromatic heterocycles. The normalized spacial score (nSPS) is 18.0. The Morgan fingerprint density at radius 1 is 1.13 bits per heavy atom. The van der Waals surface area contributed by atoms with Gasteiger partial charge in [0.1, 0.15) is 16.5 Å². The zero-order valence-electron chi connectivity index (χ0n) is 13.7. The van der Waals surface area contributed by atoms with Crippen molar-refractivity contribution in [1.29, 1.82) is 0 Å². The average Bonchev–Trinajstić information content (AvgIpc) is 3.14. The molecule has 4 heterocycles. The highest BCUT2D eigenvalue weighted by molar-refractivity contribution is 7.17. The number of aryl methyl sites for hydroxylation is 3. The van der Waals surface area contributed by atoms with Crippen molar-refractivity contribution in [3.8, 4) is 0 Å². The third kappa shape index (κ3) is 2.49. The molecule has 1 saturated heterocycles. The van der Waals surface area contributed by atoms with Gasteiger partial charge >= 0.3 is 0 Å². The third-order valence-electron chi connectivity index (χ3n) is 4.49.